The zero-order valence-electron chi connectivity index (χ0n) is 8.09. The van der Waals surface area contributed by atoms with Crippen LogP contribution >= 0.6 is 0 Å². The molecule has 0 heterocycles. The molecule has 0 unspecified atom stereocenters. The highest BCUT2D eigenvalue weighted by molar-refractivity contribution is 5.32. The Balaban J connectivity index is 0.000000561. The number of terminal acetylenes is 1. The third kappa shape index (κ3) is 2.43. The van der Waals surface area contributed by atoms with Crippen LogP contribution in [0.2, 0.25) is 0 Å². The van der Waals surface area contributed by atoms with Gasteiger partial charge < -0.3 is 0 Å². The smallest absolute Gasteiger partial charge is 0.0305 e. The van der Waals surface area contributed by atoms with Crippen LogP contribution in [0.15, 0.2) is 18.2 Å². The second kappa shape index (κ2) is 5.43. The second-order valence-corrected chi connectivity index (χ2v) is 2.71. The van der Waals surface area contributed by atoms with Crippen LogP contribution in [0.5, 0.6) is 0 Å². The molecular formula is C12H16. The van der Waals surface area contributed by atoms with Crippen molar-refractivity contribution >= 4 is 0 Å². The molecule has 0 saturated carbocycles. The van der Waals surface area contributed by atoms with Gasteiger partial charge in [-0.15, -0.1) is 12.8 Å². The molecule has 0 saturated heterocycles. The normalized spacial score (nSPS) is 8.42. The summed E-state index contributed by atoms with van der Waals surface area (Å²) in [6.45, 7) is 6.55. The molecule has 0 nitrogen and oxygen atoms in total. The average Bonchev–Trinajstić information content (AvgIpc) is 2.13. The first-order valence-corrected chi connectivity index (χ1v) is 4.14. The van der Waals surface area contributed by atoms with Crippen LogP contribution in [0.1, 0.15) is 23.6 Å². The van der Waals surface area contributed by atoms with Crippen molar-refractivity contribution in [1.82, 2.24) is 0 Å². The first-order valence-electron chi connectivity index (χ1n) is 4.14. The summed E-state index contributed by atoms with van der Waals surface area (Å²) in [5.74, 6) is 0. The molecule has 0 radical (unpaired) electrons. The number of rotatable bonds is 1. The predicted molar refractivity (Wildman–Crippen MR) is 55.2 cm³/mol. The van der Waals surface area contributed by atoms with Crippen molar-refractivity contribution in [3.63, 3.8) is 0 Å². The third-order valence-corrected chi connectivity index (χ3v) is 2.10. The van der Waals surface area contributed by atoms with Crippen LogP contribution in [-0.4, -0.2) is 0 Å². The van der Waals surface area contributed by atoms with Gasteiger partial charge in [-0.25, -0.2) is 0 Å². The number of aryl methyl sites for hydroxylation is 2. The highest BCUT2D eigenvalue weighted by Gasteiger charge is 1.95. The van der Waals surface area contributed by atoms with Gasteiger partial charge in [0.15, 0.2) is 0 Å². The van der Waals surface area contributed by atoms with E-state index in [4.69, 9.17) is 0 Å². The Kier molecular flexibility index (Phi) is 4.88. The van der Waals surface area contributed by atoms with E-state index < -0.39 is 0 Å². The Hall–Kier alpha value is -1.22. The SMILES string of the molecule is C#C.CCc1cccc(C)c1C. The number of benzene rings is 1. The Bertz CT molecular complexity index is 256. The summed E-state index contributed by atoms with van der Waals surface area (Å²) >= 11 is 0. The van der Waals surface area contributed by atoms with Crippen LogP contribution in [0.25, 0.3) is 0 Å². The summed E-state index contributed by atoms with van der Waals surface area (Å²) in [6.07, 6.45) is 9.15. The van der Waals surface area contributed by atoms with Gasteiger partial charge in [0.25, 0.3) is 0 Å². The molecule has 0 spiro atoms. The Morgan fingerprint density at radius 1 is 1.17 bits per heavy atom. The van der Waals surface area contributed by atoms with E-state index in [9.17, 15) is 0 Å². The molecule has 0 aliphatic heterocycles. The molecule has 0 aliphatic rings. The average molecular weight is 160 g/mol. The van der Waals surface area contributed by atoms with Gasteiger partial charge in [-0.05, 0) is 37.0 Å². The van der Waals surface area contributed by atoms with Crippen molar-refractivity contribution < 1.29 is 0 Å². The second-order valence-electron chi connectivity index (χ2n) is 2.71. The van der Waals surface area contributed by atoms with Crippen molar-refractivity contribution in [1.29, 1.82) is 0 Å². The number of hydrogen-bond acceptors (Lipinski definition) is 0. The van der Waals surface area contributed by atoms with E-state index in [1.165, 1.54) is 16.7 Å². The fraction of sp³-hybridized carbons (Fsp3) is 0.333. The van der Waals surface area contributed by atoms with Crippen molar-refractivity contribution in [2.24, 2.45) is 0 Å². The topological polar surface area (TPSA) is 0 Å². The van der Waals surface area contributed by atoms with Crippen LogP contribution in [0, 0.1) is 26.7 Å². The molecule has 0 heteroatoms. The lowest BCUT2D eigenvalue weighted by Gasteiger charge is -2.04. The molecule has 1 aromatic rings. The molecule has 0 bridgehead atoms. The van der Waals surface area contributed by atoms with Crippen molar-refractivity contribution in [3.05, 3.63) is 34.9 Å². The highest BCUT2D eigenvalue weighted by Crippen LogP contribution is 2.12. The summed E-state index contributed by atoms with van der Waals surface area (Å²) in [4.78, 5) is 0. The van der Waals surface area contributed by atoms with Gasteiger partial charge in [-0.2, -0.15) is 0 Å². The van der Waals surface area contributed by atoms with Crippen LogP contribution in [0.3, 0.4) is 0 Å². The maximum Gasteiger partial charge on any atom is -0.0305 e. The maximum absolute atomic E-state index is 4.00. The highest BCUT2D eigenvalue weighted by atomic mass is 14.0. The largest absolute Gasteiger partial charge is 0.124 e. The zero-order chi connectivity index (χ0) is 9.56. The first-order chi connectivity index (χ1) is 5.75. The molecule has 12 heavy (non-hydrogen) atoms. The fourth-order valence-corrected chi connectivity index (χ4v) is 1.19. The minimum absolute atomic E-state index is 1.15. The molecule has 0 aliphatic carbocycles. The van der Waals surface area contributed by atoms with E-state index in [2.05, 4.69) is 51.8 Å². The van der Waals surface area contributed by atoms with Gasteiger partial charge in [-0.3, -0.25) is 0 Å². The van der Waals surface area contributed by atoms with Gasteiger partial charge in [0.05, 0.1) is 0 Å². The van der Waals surface area contributed by atoms with E-state index >= 15 is 0 Å². The number of hydrogen-bond donors (Lipinski definition) is 0. The van der Waals surface area contributed by atoms with Crippen molar-refractivity contribution in [2.75, 3.05) is 0 Å². The molecule has 1 aromatic carbocycles. The van der Waals surface area contributed by atoms with E-state index in [0.29, 0.717) is 0 Å². The molecule has 0 fully saturated rings. The van der Waals surface area contributed by atoms with Gasteiger partial charge in [0.2, 0.25) is 0 Å². The molecule has 0 N–H and O–H groups in total. The Morgan fingerprint density at radius 3 is 2.17 bits per heavy atom. The van der Waals surface area contributed by atoms with Crippen molar-refractivity contribution in [2.45, 2.75) is 27.2 Å². The summed E-state index contributed by atoms with van der Waals surface area (Å²) in [7, 11) is 0. The molecule has 1 rings (SSSR count). The molecule has 0 amide bonds. The quantitative estimate of drug-likeness (QED) is 0.554. The van der Waals surface area contributed by atoms with E-state index in [1.807, 2.05) is 0 Å². The Morgan fingerprint density at radius 2 is 1.75 bits per heavy atom. The summed E-state index contributed by atoms with van der Waals surface area (Å²) in [5.41, 5.74) is 4.32. The zero-order valence-corrected chi connectivity index (χ0v) is 8.09. The fourth-order valence-electron chi connectivity index (χ4n) is 1.19. The predicted octanol–water partition coefficient (Wildman–Crippen LogP) is 3.12. The van der Waals surface area contributed by atoms with Gasteiger partial charge in [-0.1, -0.05) is 25.1 Å². The van der Waals surface area contributed by atoms with Crippen molar-refractivity contribution in [3.8, 4) is 12.8 Å². The monoisotopic (exact) mass is 160 g/mol. The summed E-state index contributed by atoms with van der Waals surface area (Å²) < 4.78 is 0. The first kappa shape index (κ1) is 10.8. The van der Waals surface area contributed by atoms with Crippen LogP contribution in [-0.2, 0) is 6.42 Å². The minimum Gasteiger partial charge on any atom is -0.124 e. The van der Waals surface area contributed by atoms with E-state index in [0.717, 1.165) is 6.42 Å². The summed E-state index contributed by atoms with van der Waals surface area (Å²) in [5, 5.41) is 0. The lowest BCUT2D eigenvalue weighted by Crippen LogP contribution is -1.88. The van der Waals surface area contributed by atoms with Gasteiger partial charge in [0, 0.05) is 0 Å². The molecular weight excluding hydrogens is 144 g/mol. The van der Waals surface area contributed by atoms with Crippen LogP contribution < -0.4 is 0 Å². The maximum atomic E-state index is 4.00. The molecule has 0 aromatic heterocycles. The molecule has 0 atom stereocenters. The molecule has 64 valence electrons. The lowest BCUT2D eigenvalue weighted by atomic mass is 10.0. The van der Waals surface area contributed by atoms with Crippen LogP contribution in [0.4, 0.5) is 0 Å². The Labute approximate surface area is 75.6 Å². The van der Waals surface area contributed by atoms with Gasteiger partial charge >= 0.3 is 0 Å². The van der Waals surface area contributed by atoms with E-state index in [-0.39, 0.29) is 0 Å². The van der Waals surface area contributed by atoms with Gasteiger partial charge in [0.1, 0.15) is 0 Å². The standard InChI is InChI=1S/C10H14.C2H2/c1-4-10-7-5-6-8(2)9(10)3;1-2/h5-7H,4H2,1-3H3;1-2H. The van der Waals surface area contributed by atoms with E-state index in [1.54, 1.807) is 0 Å². The summed E-state index contributed by atoms with van der Waals surface area (Å²) in [6, 6.07) is 6.48. The minimum atomic E-state index is 1.15. The third-order valence-electron chi connectivity index (χ3n) is 2.10. The lowest BCUT2D eigenvalue weighted by molar-refractivity contribution is 1.09.